The van der Waals surface area contributed by atoms with Crippen LogP contribution in [-0.4, -0.2) is 6.26 Å². The number of thioether (sulfide) groups is 1. The number of hydrogen-bond acceptors (Lipinski definition) is 1. The van der Waals surface area contributed by atoms with Crippen LogP contribution in [0.1, 0.15) is 39.3 Å². The van der Waals surface area contributed by atoms with Crippen molar-refractivity contribution in [1.29, 1.82) is 0 Å². The standard InChI is InChI=1S/C21H16S/c1-22-21-17-11-5-2-8-14(17)20(15-9-3-6-12-18(15)21)16-10-4-7-13-19(16)21/h2-13,20H,1H3. The monoisotopic (exact) mass is 300 g/mol. The molecule has 1 heteroatoms. The second-order valence-electron chi connectivity index (χ2n) is 6.08. The van der Waals surface area contributed by atoms with Crippen LogP contribution >= 0.6 is 11.8 Å². The molecule has 0 radical (unpaired) electrons. The molecule has 3 aliphatic rings. The molecule has 0 aliphatic heterocycles. The third-order valence-electron chi connectivity index (χ3n) is 5.26. The van der Waals surface area contributed by atoms with Crippen molar-refractivity contribution in [2.75, 3.05) is 6.26 Å². The van der Waals surface area contributed by atoms with Crippen LogP contribution in [0.3, 0.4) is 0 Å². The molecule has 6 rings (SSSR count). The number of hydrogen-bond donors (Lipinski definition) is 0. The summed E-state index contributed by atoms with van der Waals surface area (Å²) in [6, 6.07) is 27.0. The fourth-order valence-corrected chi connectivity index (χ4v) is 5.69. The van der Waals surface area contributed by atoms with E-state index in [9.17, 15) is 0 Å². The summed E-state index contributed by atoms with van der Waals surface area (Å²) in [5, 5.41) is 0. The molecule has 0 atom stereocenters. The van der Waals surface area contributed by atoms with Crippen LogP contribution < -0.4 is 0 Å². The summed E-state index contributed by atoms with van der Waals surface area (Å²) in [4.78, 5) is 0. The van der Waals surface area contributed by atoms with Crippen LogP contribution in [0.15, 0.2) is 72.8 Å². The molecule has 3 aromatic rings. The zero-order valence-corrected chi connectivity index (χ0v) is 13.2. The van der Waals surface area contributed by atoms with Gasteiger partial charge in [-0.05, 0) is 39.6 Å². The predicted molar refractivity (Wildman–Crippen MR) is 93.7 cm³/mol. The average Bonchev–Trinajstić information content (AvgIpc) is 2.61. The maximum Gasteiger partial charge on any atom is 0.0913 e. The van der Waals surface area contributed by atoms with E-state index >= 15 is 0 Å². The Labute approximate surface area is 135 Å². The van der Waals surface area contributed by atoms with Crippen LogP contribution in [0.2, 0.25) is 0 Å². The van der Waals surface area contributed by atoms with Crippen molar-refractivity contribution >= 4 is 11.8 Å². The average molecular weight is 300 g/mol. The van der Waals surface area contributed by atoms with E-state index in [1.165, 1.54) is 33.4 Å². The van der Waals surface area contributed by atoms with Crippen LogP contribution in [0.25, 0.3) is 0 Å². The lowest BCUT2D eigenvalue weighted by Crippen LogP contribution is -2.39. The van der Waals surface area contributed by atoms with Crippen molar-refractivity contribution in [2.45, 2.75) is 10.7 Å². The van der Waals surface area contributed by atoms with Crippen LogP contribution in [0, 0.1) is 0 Å². The molecule has 3 aromatic carbocycles. The third-order valence-corrected chi connectivity index (χ3v) is 6.53. The molecule has 0 unspecified atom stereocenters. The topological polar surface area (TPSA) is 0 Å². The van der Waals surface area contributed by atoms with Crippen molar-refractivity contribution in [3.8, 4) is 0 Å². The van der Waals surface area contributed by atoms with Gasteiger partial charge in [0.25, 0.3) is 0 Å². The number of benzene rings is 3. The highest BCUT2D eigenvalue weighted by molar-refractivity contribution is 8.00. The Morgan fingerprint density at radius 1 is 0.636 bits per heavy atom. The third kappa shape index (κ3) is 1.27. The van der Waals surface area contributed by atoms with Gasteiger partial charge < -0.3 is 0 Å². The Kier molecular flexibility index (Phi) is 2.43. The molecule has 0 nitrogen and oxygen atoms in total. The molecule has 3 aliphatic carbocycles. The Morgan fingerprint density at radius 2 is 1.00 bits per heavy atom. The van der Waals surface area contributed by atoms with E-state index < -0.39 is 0 Å². The van der Waals surface area contributed by atoms with Gasteiger partial charge in [-0.2, -0.15) is 0 Å². The maximum atomic E-state index is 2.32. The van der Waals surface area contributed by atoms with Gasteiger partial charge in [-0.25, -0.2) is 0 Å². The Hall–Kier alpha value is -1.99. The Morgan fingerprint density at radius 3 is 1.36 bits per heavy atom. The highest BCUT2D eigenvalue weighted by atomic mass is 32.2. The molecule has 22 heavy (non-hydrogen) atoms. The molecule has 0 saturated carbocycles. The van der Waals surface area contributed by atoms with Crippen molar-refractivity contribution in [1.82, 2.24) is 0 Å². The summed E-state index contributed by atoms with van der Waals surface area (Å²) in [5.41, 5.74) is 8.87. The fraction of sp³-hybridized carbons (Fsp3) is 0.143. The summed E-state index contributed by atoms with van der Waals surface area (Å²) < 4.78 is -0.0570. The lowest BCUT2D eigenvalue weighted by molar-refractivity contribution is 0.715. The van der Waals surface area contributed by atoms with Crippen molar-refractivity contribution in [2.24, 2.45) is 0 Å². The normalized spacial score (nSPS) is 23.6. The minimum Gasteiger partial charge on any atom is -0.144 e. The second kappa shape index (κ2) is 4.27. The van der Waals surface area contributed by atoms with Gasteiger partial charge >= 0.3 is 0 Å². The van der Waals surface area contributed by atoms with E-state index in [0.29, 0.717) is 5.92 Å². The first kappa shape index (κ1) is 12.5. The molecule has 106 valence electrons. The zero-order chi connectivity index (χ0) is 14.7. The quantitative estimate of drug-likeness (QED) is 0.599. The van der Waals surface area contributed by atoms with Gasteiger partial charge in [0.2, 0.25) is 0 Å². The van der Waals surface area contributed by atoms with Crippen LogP contribution in [0.4, 0.5) is 0 Å². The molecule has 0 fully saturated rings. The van der Waals surface area contributed by atoms with E-state index in [2.05, 4.69) is 79.1 Å². The molecular formula is C21H16S. The minimum absolute atomic E-state index is 0.0570. The van der Waals surface area contributed by atoms with Crippen LogP contribution in [0.5, 0.6) is 0 Å². The van der Waals surface area contributed by atoms with Crippen molar-refractivity contribution in [3.05, 3.63) is 106 Å². The summed E-state index contributed by atoms with van der Waals surface area (Å²) in [7, 11) is 0. The second-order valence-corrected chi connectivity index (χ2v) is 7.10. The van der Waals surface area contributed by atoms with E-state index in [0.717, 1.165) is 0 Å². The molecule has 0 heterocycles. The van der Waals surface area contributed by atoms with Gasteiger partial charge in [0.15, 0.2) is 0 Å². The first-order valence-corrected chi connectivity index (χ1v) is 8.94. The fourth-order valence-electron chi connectivity index (χ4n) is 4.48. The van der Waals surface area contributed by atoms with Crippen LogP contribution in [-0.2, 0) is 4.75 Å². The molecule has 0 N–H and O–H groups in total. The minimum atomic E-state index is -0.0570. The van der Waals surface area contributed by atoms with E-state index in [4.69, 9.17) is 0 Å². The summed E-state index contributed by atoms with van der Waals surface area (Å²) in [6.45, 7) is 0. The molecule has 0 aromatic heterocycles. The Balaban J connectivity index is 2.00. The SMILES string of the molecule is CSC12c3ccccc3C(c3ccccc31)c1ccccc12. The first-order valence-electron chi connectivity index (χ1n) is 7.71. The van der Waals surface area contributed by atoms with Crippen molar-refractivity contribution < 1.29 is 0 Å². The smallest absolute Gasteiger partial charge is 0.0913 e. The Bertz CT molecular complexity index is 778. The maximum absolute atomic E-state index is 2.32. The molecule has 0 spiro atoms. The van der Waals surface area contributed by atoms with Gasteiger partial charge in [0.05, 0.1) is 4.75 Å². The summed E-state index contributed by atoms with van der Waals surface area (Å²) in [5.74, 6) is 0.387. The van der Waals surface area contributed by atoms with Gasteiger partial charge in [0, 0.05) is 5.92 Å². The number of rotatable bonds is 1. The molecule has 0 saturated heterocycles. The van der Waals surface area contributed by atoms with Gasteiger partial charge in [-0.3, -0.25) is 0 Å². The van der Waals surface area contributed by atoms with Gasteiger partial charge in [0.1, 0.15) is 0 Å². The van der Waals surface area contributed by atoms with Gasteiger partial charge in [-0.15, -0.1) is 11.8 Å². The molecule has 0 amide bonds. The summed E-state index contributed by atoms with van der Waals surface area (Å²) in [6.07, 6.45) is 2.25. The zero-order valence-electron chi connectivity index (χ0n) is 12.4. The predicted octanol–water partition coefficient (Wildman–Crippen LogP) is 5.15. The van der Waals surface area contributed by atoms with Crippen molar-refractivity contribution in [3.63, 3.8) is 0 Å². The molecular weight excluding hydrogens is 284 g/mol. The lowest BCUT2D eigenvalue weighted by Gasteiger charge is -2.49. The highest BCUT2D eigenvalue weighted by Gasteiger charge is 2.50. The van der Waals surface area contributed by atoms with E-state index in [1.54, 1.807) is 0 Å². The molecule has 2 bridgehead atoms. The highest BCUT2D eigenvalue weighted by Crippen LogP contribution is 2.62. The summed E-state index contributed by atoms with van der Waals surface area (Å²) >= 11 is 1.96. The lowest BCUT2D eigenvalue weighted by atomic mass is 9.60. The van der Waals surface area contributed by atoms with E-state index in [-0.39, 0.29) is 4.75 Å². The largest absolute Gasteiger partial charge is 0.144 e. The van der Waals surface area contributed by atoms with Gasteiger partial charge in [-0.1, -0.05) is 72.8 Å². The first-order chi connectivity index (χ1) is 10.9. The van der Waals surface area contributed by atoms with E-state index in [1.807, 2.05) is 11.8 Å².